The number of benzene rings is 1. The quantitative estimate of drug-likeness (QED) is 0.387. The minimum Gasteiger partial charge on any atom is -0.301 e. The van der Waals surface area contributed by atoms with Crippen LogP contribution < -0.4 is 5.32 Å². The molecule has 3 aromatic rings. The van der Waals surface area contributed by atoms with E-state index in [1.165, 1.54) is 35.2 Å². The summed E-state index contributed by atoms with van der Waals surface area (Å²) in [6, 6.07) is 9.85. The molecule has 0 radical (unpaired) electrons. The number of nitrogens with one attached hydrogen (secondary N) is 1. The minimum atomic E-state index is -0.452. The van der Waals surface area contributed by atoms with Crippen molar-refractivity contribution in [3.8, 4) is 11.3 Å². The molecular formula is C17H14N4O3S2. The predicted molar refractivity (Wildman–Crippen MR) is 102 cm³/mol. The lowest BCUT2D eigenvalue weighted by Crippen LogP contribution is -2.22. The molecule has 2 aromatic heterocycles. The molecule has 0 saturated carbocycles. The zero-order valence-corrected chi connectivity index (χ0v) is 15.3. The first-order valence-corrected chi connectivity index (χ1v) is 9.37. The third kappa shape index (κ3) is 4.44. The molecule has 132 valence electrons. The normalized spacial score (nSPS) is 11.7. The van der Waals surface area contributed by atoms with Gasteiger partial charge in [0, 0.05) is 40.4 Å². The van der Waals surface area contributed by atoms with Crippen LogP contribution in [-0.4, -0.2) is 26.0 Å². The van der Waals surface area contributed by atoms with Gasteiger partial charge < -0.3 is 5.32 Å². The molecule has 1 unspecified atom stereocenters. The summed E-state index contributed by atoms with van der Waals surface area (Å²) in [5.41, 5.74) is 1.67. The van der Waals surface area contributed by atoms with Crippen molar-refractivity contribution in [3.05, 3.63) is 64.3 Å². The summed E-state index contributed by atoms with van der Waals surface area (Å²) in [5, 5.41) is 15.5. The number of rotatable bonds is 6. The van der Waals surface area contributed by atoms with Crippen LogP contribution >= 0.6 is 23.1 Å². The van der Waals surface area contributed by atoms with Gasteiger partial charge in [-0.15, -0.1) is 23.1 Å². The van der Waals surface area contributed by atoms with Crippen molar-refractivity contribution in [2.24, 2.45) is 0 Å². The number of carbonyl (C=O) groups excluding carboxylic acids is 1. The standard InChI is InChI=1S/C17H14N4O3S2/c1-11(26-14-6-4-13(5-7-14)21(23)24)16(22)20-17-19-15(10-25-17)12-3-2-8-18-9-12/h2-11H,1H3,(H,19,20,22). The number of aromatic nitrogens is 2. The Bertz CT molecular complexity index is 913. The maximum atomic E-state index is 12.4. The number of thiazole rings is 1. The Morgan fingerprint density at radius 2 is 2.08 bits per heavy atom. The van der Waals surface area contributed by atoms with Crippen molar-refractivity contribution < 1.29 is 9.72 Å². The molecule has 9 heteroatoms. The van der Waals surface area contributed by atoms with Gasteiger partial charge in [-0.2, -0.15) is 0 Å². The van der Waals surface area contributed by atoms with E-state index in [2.05, 4.69) is 15.3 Å². The topological polar surface area (TPSA) is 98.0 Å². The van der Waals surface area contributed by atoms with Crippen LogP contribution in [0.1, 0.15) is 6.92 Å². The second-order valence-electron chi connectivity index (χ2n) is 5.28. The summed E-state index contributed by atoms with van der Waals surface area (Å²) >= 11 is 2.67. The second-order valence-corrected chi connectivity index (χ2v) is 7.55. The molecule has 1 aromatic carbocycles. The first-order chi connectivity index (χ1) is 12.5. The minimum absolute atomic E-state index is 0.0252. The maximum absolute atomic E-state index is 12.4. The molecule has 0 spiro atoms. The Hall–Kier alpha value is -2.78. The average Bonchev–Trinajstić information content (AvgIpc) is 3.11. The average molecular weight is 386 g/mol. The monoisotopic (exact) mass is 386 g/mol. The number of non-ortho nitro benzene ring substituents is 1. The number of nitrogens with zero attached hydrogens (tertiary/aromatic N) is 3. The van der Waals surface area contributed by atoms with Gasteiger partial charge in [0.05, 0.1) is 15.9 Å². The van der Waals surface area contributed by atoms with Gasteiger partial charge in [-0.3, -0.25) is 19.9 Å². The van der Waals surface area contributed by atoms with Crippen LogP contribution in [0.3, 0.4) is 0 Å². The van der Waals surface area contributed by atoms with Crippen molar-refractivity contribution in [1.82, 2.24) is 9.97 Å². The highest BCUT2D eigenvalue weighted by Gasteiger charge is 2.17. The van der Waals surface area contributed by atoms with Gasteiger partial charge in [-0.1, -0.05) is 0 Å². The van der Waals surface area contributed by atoms with Crippen LogP contribution in [0.2, 0.25) is 0 Å². The zero-order chi connectivity index (χ0) is 18.5. The molecule has 26 heavy (non-hydrogen) atoms. The van der Waals surface area contributed by atoms with Crippen LogP contribution in [0, 0.1) is 10.1 Å². The molecule has 1 atom stereocenters. The molecule has 3 rings (SSSR count). The highest BCUT2D eigenvalue weighted by atomic mass is 32.2. The molecule has 7 nitrogen and oxygen atoms in total. The number of hydrogen-bond acceptors (Lipinski definition) is 7. The molecule has 0 aliphatic carbocycles. The summed E-state index contributed by atoms with van der Waals surface area (Å²) in [6.07, 6.45) is 3.41. The number of nitro benzene ring substituents is 1. The maximum Gasteiger partial charge on any atom is 0.269 e. The number of amides is 1. The lowest BCUT2D eigenvalue weighted by atomic mass is 10.2. The van der Waals surface area contributed by atoms with Crippen molar-refractivity contribution in [2.75, 3.05) is 5.32 Å². The van der Waals surface area contributed by atoms with E-state index in [1.807, 2.05) is 17.5 Å². The van der Waals surface area contributed by atoms with Gasteiger partial charge in [0.25, 0.3) is 5.69 Å². The van der Waals surface area contributed by atoms with Gasteiger partial charge in [0.2, 0.25) is 5.91 Å². The van der Waals surface area contributed by atoms with Crippen LogP contribution in [0.25, 0.3) is 11.3 Å². The van der Waals surface area contributed by atoms with E-state index in [0.29, 0.717) is 5.13 Å². The highest BCUT2D eigenvalue weighted by molar-refractivity contribution is 8.00. The van der Waals surface area contributed by atoms with E-state index < -0.39 is 4.92 Å². The van der Waals surface area contributed by atoms with E-state index in [-0.39, 0.29) is 16.8 Å². The van der Waals surface area contributed by atoms with Crippen LogP contribution in [-0.2, 0) is 4.79 Å². The Balaban J connectivity index is 1.61. The fraction of sp³-hybridized carbons (Fsp3) is 0.118. The van der Waals surface area contributed by atoms with Crippen molar-refractivity contribution >= 4 is 39.8 Å². The van der Waals surface area contributed by atoms with E-state index in [4.69, 9.17) is 0 Å². The molecular weight excluding hydrogens is 372 g/mol. The third-order valence-electron chi connectivity index (χ3n) is 3.42. The smallest absolute Gasteiger partial charge is 0.269 e. The van der Waals surface area contributed by atoms with Gasteiger partial charge in [0.15, 0.2) is 5.13 Å². The molecule has 0 aliphatic heterocycles. The molecule has 2 heterocycles. The van der Waals surface area contributed by atoms with Crippen molar-refractivity contribution in [3.63, 3.8) is 0 Å². The summed E-state index contributed by atoms with van der Waals surface area (Å²) in [7, 11) is 0. The van der Waals surface area contributed by atoms with E-state index in [9.17, 15) is 14.9 Å². The van der Waals surface area contributed by atoms with E-state index in [0.717, 1.165) is 16.2 Å². The summed E-state index contributed by atoms with van der Waals surface area (Å²) in [4.78, 5) is 31.8. The lowest BCUT2D eigenvalue weighted by molar-refractivity contribution is -0.384. The van der Waals surface area contributed by atoms with Crippen LogP contribution in [0.4, 0.5) is 10.8 Å². The number of pyridine rings is 1. The van der Waals surface area contributed by atoms with Crippen LogP contribution in [0.5, 0.6) is 0 Å². The number of thioether (sulfide) groups is 1. The first kappa shape index (κ1) is 18.0. The van der Waals surface area contributed by atoms with Gasteiger partial charge in [-0.05, 0) is 31.2 Å². The molecule has 0 saturated heterocycles. The van der Waals surface area contributed by atoms with Crippen molar-refractivity contribution in [1.29, 1.82) is 0 Å². The fourth-order valence-corrected chi connectivity index (χ4v) is 3.68. The van der Waals surface area contributed by atoms with Gasteiger partial charge in [-0.25, -0.2) is 4.98 Å². The molecule has 0 aliphatic rings. The Kier molecular flexibility index (Phi) is 5.59. The zero-order valence-electron chi connectivity index (χ0n) is 13.7. The largest absolute Gasteiger partial charge is 0.301 e. The SMILES string of the molecule is CC(Sc1ccc([N+](=O)[O-])cc1)C(=O)Nc1nc(-c2cccnc2)cs1. The highest BCUT2D eigenvalue weighted by Crippen LogP contribution is 2.28. The first-order valence-electron chi connectivity index (χ1n) is 7.61. The summed E-state index contributed by atoms with van der Waals surface area (Å²) in [5.74, 6) is -0.180. The Labute approximate surface area is 157 Å². The van der Waals surface area contributed by atoms with Gasteiger partial charge in [0.1, 0.15) is 0 Å². The third-order valence-corrected chi connectivity index (χ3v) is 5.29. The molecule has 1 amide bonds. The summed E-state index contributed by atoms with van der Waals surface area (Å²) in [6.45, 7) is 1.77. The van der Waals surface area contributed by atoms with E-state index in [1.54, 1.807) is 31.5 Å². The van der Waals surface area contributed by atoms with E-state index >= 15 is 0 Å². The Morgan fingerprint density at radius 1 is 1.31 bits per heavy atom. The second kappa shape index (κ2) is 8.07. The lowest BCUT2D eigenvalue weighted by Gasteiger charge is -2.10. The number of nitro groups is 1. The number of hydrogen-bond donors (Lipinski definition) is 1. The molecule has 1 N–H and O–H groups in total. The van der Waals surface area contributed by atoms with Crippen LogP contribution in [0.15, 0.2) is 59.1 Å². The Morgan fingerprint density at radius 3 is 2.73 bits per heavy atom. The number of carbonyl (C=O) groups is 1. The van der Waals surface area contributed by atoms with Crippen molar-refractivity contribution in [2.45, 2.75) is 17.1 Å². The fourth-order valence-electron chi connectivity index (χ4n) is 2.09. The molecule has 0 bridgehead atoms. The molecule has 0 fully saturated rings. The van der Waals surface area contributed by atoms with Gasteiger partial charge >= 0.3 is 0 Å². The predicted octanol–water partition coefficient (Wildman–Crippen LogP) is 4.23. The number of anilines is 1. The summed E-state index contributed by atoms with van der Waals surface area (Å²) < 4.78 is 0.